The molecular formula is C20H13BO. The monoisotopic (exact) mass is 280 g/mol. The maximum Gasteiger partial charge on any atom is 0.202 e. The number of rotatable bonds is 0. The van der Waals surface area contributed by atoms with Crippen molar-refractivity contribution in [2.75, 3.05) is 0 Å². The van der Waals surface area contributed by atoms with Gasteiger partial charge < -0.3 is 4.74 Å². The van der Waals surface area contributed by atoms with Crippen molar-refractivity contribution < 1.29 is 4.74 Å². The molecule has 0 aliphatic carbocycles. The highest BCUT2D eigenvalue weighted by molar-refractivity contribution is 6.70. The summed E-state index contributed by atoms with van der Waals surface area (Å²) in [6.45, 7) is 0. The van der Waals surface area contributed by atoms with Gasteiger partial charge >= 0.3 is 0 Å². The molecule has 22 heavy (non-hydrogen) atoms. The first-order valence-corrected chi connectivity index (χ1v) is 7.59. The molecule has 0 bridgehead atoms. The molecule has 1 heterocycles. The van der Waals surface area contributed by atoms with Gasteiger partial charge in [0, 0.05) is 10.8 Å². The van der Waals surface area contributed by atoms with E-state index in [1.807, 2.05) is 0 Å². The molecule has 4 aromatic rings. The topological polar surface area (TPSA) is 9.23 Å². The van der Waals surface area contributed by atoms with Crippen molar-refractivity contribution in [1.82, 2.24) is 0 Å². The molecule has 0 amide bonds. The predicted molar refractivity (Wildman–Crippen MR) is 94.4 cm³/mol. The largest absolute Gasteiger partial charge is 0.457 e. The van der Waals surface area contributed by atoms with Crippen molar-refractivity contribution >= 4 is 39.8 Å². The van der Waals surface area contributed by atoms with Gasteiger partial charge in [0.25, 0.3) is 0 Å². The summed E-state index contributed by atoms with van der Waals surface area (Å²) >= 11 is 0. The van der Waals surface area contributed by atoms with E-state index in [1.165, 1.54) is 32.5 Å². The molecule has 1 aliphatic heterocycles. The molecule has 0 saturated carbocycles. The second-order valence-electron chi connectivity index (χ2n) is 5.83. The van der Waals surface area contributed by atoms with Crippen LogP contribution in [0.15, 0.2) is 72.8 Å². The van der Waals surface area contributed by atoms with Crippen LogP contribution in [-0.2, 0) is 0 Å². The smallest absolute Gasteiger partial charge is 0.202 e. The van der Waals surface area contributed by atoms with Crippen LogP contribution < -0.4 is 15.7 Å². The van der Waals surface area contributed by atoms with Gasteiger partial charge in [0.15, 0.2) is 0 Å². The van der Waals surface area contributed by atoms with Crippen LogP contribution in [0.3, 0.4) is 0 Å². The SMILES string of the molecule is B1c2ccc3ccccc3c2Oc2c1ccc1ccccc21. The van der Waals surface area contributed by atoms with E-state index < -0.39 is 0 Å². The summed E-state index contributed by atoms with van der Waals surface area (Å²) in [6, 6.07) is 25.6. The highest BCUT2D eigenvalue weighted by Gasteiger charge is 2.21. The number of benzene rings is 4. The number of ether oxygens (including phenoxy) is 1. The molecule has 0 aromatic heterocycles. The molecule has 0 N–H and O–H groups in total. The van der Waals surface area contributed by atoms with Crippen molar-refractivity contribution in [1.29, 1.82) is 0 Å². The lowest BCUT2D eigenvalue weighted by Crippen LogP contribution is -2.33. The molecule has 0 atom stereocenters. The van der Waals surface area contributed by atoms with Gasteiger partial charge in [0.05, 0.1) is 0 Å². The lowest BCUT2D eigenvalue weighted by molar-refractivity contribution is 0.499. The molecular weight excluding hydrogens is 267 g/mol. The van der Waals surface area contributed by atoms with Gasteiger partial charge in [-0.1, -0.05) is 72.8 Å². The lowest BCUT2D eigenvalue weighted by atomic mass is 9.61. The minimum Gasteiger partial charge on any atom is -0.457 e. The molecule has 5 rings (SSSR count). The second kappa shape index (κ2) is 4.38. The summed E-state index contributed by atoms with van der Waals surface area (Å²) < 4.78 is 6.40. The minimum atomic E-state index is 0.931. The third-order valence-electron chi connectivity index (χ3n) is 4.51. The van der Waals surface area contributed by atoms with Crippen LogP contribution in [-0.4, -0.2) is 7.28 Å². The fraction of sp³-hybridized carbons (Fsp3) is 0. The van der Waals surface area contributed by atoms with Gasteiger partial charge in [-0.05, 0) is 21.7 Å². The van der Waals surface area contributed by atoms with Gasteiger partial charge in [-0.15, -0.1) is 0 Å². The Morgan fingerprint density at radius 2 is 1.05 bits per heavy atom. The Kier molecular flexibility index (Phi) is 2.36. The van der Waals surface area contributed by atoms with Crippen LogP contribution in [0.4, 0.5) is 0 Å². The zero-order valence-corrected chi connectivity index (χ0v) is 12.0. The predicted octanol–water partition coefficient (Wildman–Crippen LogP) is 3.49. The fourth-order valence-corrected chi connectivity index (χ4v) is 3.40. The van der Waals surface area contributed by atoms with Crippen LogP contribution in [0.2, 0.25) is 0 Å². The van der Waals surface area contributed by atoms with Crippen molar-refractivity contribution in [2.24, 2.45) is 0 Å². The number of hydrogen-bond acceptors (Lipinski definition) is 1. The zero-order valence-electron chi connectivity index (χ0n) is 12.0. The molecule has 0 saturated heterocycles. The lowest BCUT2D eigenvalue weighted by Gasteiger charge is -2.22. The van der Waals surface area contributed by atoms with E-state index in [9.17, 15) is 0 Å². The van der Waals surface area contributed by atoms with E-state index in [4.69, 9.17) is 4.74 Å². The fourth-order valence-electron chi connectivity index (χ4n) is 3.40. The first-order chi connectivity index (χ1) is 10.9. The molecule has 1 nitrogen and oxygen atoms in total. The maximum atomic E-state index is 6.40. The highest BCUT2D eigenvalue weighted by atomic mass is 16.5. The van der Waals surface area contributed by atoms with Crippen LogP contribution in [0.25, 0.3) is 21.5 Å². The van der Waals surface area contributed by atoms with Crippen LogP contribution in [0, 0.1) is 0 Å². The minimum absolute atomic E-state index is 0.931. The zero-order chi connectivity index (χ0) is 14.5. The van der Waals surface area contributed by atoms with E-state index in [0.29, 0.717) is 0 Å². The van der Waals surface area contributed by atoms with Crippen LogP contribution >= 0.6 is 0 Å². The van der Waals surface area contributed by atoms with Gasteiger partial charge in [-0.3, -0.25) is 0 Å². The van der Waals surface area contributed by atoms with E-state index >= 15 is 0 Å². The Bertz CT molecular complexity index is 953. The molecule has 2 heteroatoms. The van der Waals surface area contributed by atoms with Crippen molar-refractivity contribution in [3.05, 3.63) is 72.8 Å². The van der Waals surface area contributed by atoms with E-state index in [1.54, 1.807) is 0 Å². The third-order valence-corrected chi connectivity index (χ3v) is 4.51. The Labute approximate surface area is 129 Å². The molecule has 102 valence electrons. The van der Waals surface area contributed by atoms with Gasteiger partial charge in [-0.2, -0.15) is 0 Å². The van der Waals surface area contributed by atoms with Crippen LogP contribution in [0.1, 0.15) is 0 Å². The summed E-state index contributed by atoms with van der Waals surface area (Å²) in [6.07, 6.45) is 0. The molecule has 0 radical (unpaired) electrons. The Balaban J connectivity index is 1.80. The average Bonchev–Trinajstić information content (AvgIpc) is 2.60. The van der Waals surface area contributed by atoms with Gasteiger partial charge in [-0.25, -0.2) is 0 Å². The van der Waals surface area contributed by atoms with Crippen molar-refractivity contribution in [3.8, 4) is 11.5 Å². The van der Waals surface area contributed by atoms with Crippen molar-refractivity contribution in [3.63, 3.8) is 0 Å². The standard InChI is InChI=1S/C20H13BO/c1-3-7-15-13(5-1)9-11-17-19(15)22-20-16-8-4-2-6-14(16)10-12-18(20)21-17/h1-12,21H. The number of fused-ring (bicyclic) bond motifs is 6. The van der Waals surface area contributed by atoms with Crippen molar-refractivity contribution in [2.45, 2.75) is 0 Å². The third kappa shape index (κ3) is 1.61. The Morgan fingerprint density at radius 1 is 0.545 bits per heavy atom. The number of hydrogen-bond donors (Lipinski definition) is 0. The Morgan fingerprint density at radius 3 is 1.59 bits per heavy atom. The van der Waals surface area contributed by atoms with E-state index in [-0.39, 0.29) is 0 Å². The second-order valence-corrected chi connectivity index (χ2v) is 5.83. The molecule has 0 unspecified atom stereocenters. The molecule has 0 spiro atoms. The first-order valence-electron chi connectivity index (χ1n) is 7.59. The van der Waals surface area contributed by atoms with Gasteiger partial charge in [0.1, 0.15) is 11.5 Å². The highest BCUT2D eigenvalue weighted by Crippen LogP contribution is 2.34. The van der Waals surface area contributed by atoms with E-state index in [0.717, 1.165) is 18.8 Å². The summed E-state index contributed by atoms with van der Waals surface area (Å²) in [5, 5.41) is 4.84. The molecule has 1 aliphatic rings. The summed E-state index contributed by atoms with van der Waals surface area (Å²) in [5.74, 6) is 2.03. The molecule has 0 fully saturated rings. The van der Waals surface area contributed by atoms with Crippen LogP contribution in [0.5, 0.6) is 11.5 Å². The summed E-state index contributed by atoms with van der Waals surface area (Å²) in [4.78, 5) is 0. The summed E-state index contributed by atoms with van der Waals surface area (Å²) in [7, 11) is 0.931. The quantitative estimate of drug-likeness (QED) is 0.395. The van der Waals surface area contributed by atoms with E-state index in [2.05, 4.69) is 72.8 Å². The molecule has 4 aromatic carbocycles. The average molecular weight is 280 g/mol. The van der Waals surface area contributed by atoms with Gasteiger partial charge in [0.2, 0.25) is 7.28 Å². The Hall–Kier alpha value is -2.74. The normalized spacial score (nSPS) is 12.4. The first kappa shape index (κ1) is 11.9. The summed E-state index contributed by atoms with van der Waals surface area (Å²) in [5.41, 5.74) is 2.53. The maximum absolute atomic E-state index is 6.40.